The second-order valence-electron chi connectivity index (χ2n) is 11.3. The van der Waals surface area contributed by atoms with E-state index in [2.05, 4.69) is 5.32 Å². The lowest BCUT2D eigenvalue weighted by atomic mass is 9.85. The summed E-state index contributed by atoms with van der Waals surface area (Å²) in [6, 6.07) is 9.51. The van der Waals surface area contributed by atoms with Crippen LogP contribution in [-0.4, -0.2) is 46.0 Å². The Morgan fingerprint density at radius 3 is 2.67 bits per heavy atom. The molecule has 1 amide bonds. The number of esters is 2. The minimum atomic E-state index is -1.87. The summed E-state index contributed by atoms with van der Waals surface area (Å²) >= 11 is 0. The zero-order chi connectivity index (χ0) is 30.2. The minimum Gasteiger partial charge on any atom is -0.457 e. The number of rotatable bonds is 10. The van der Waals surface area contributed by atoms with Gasteiger partial charge in [0.05, 0.1) is 35.1 Å². The zero-order valence-corrected chi connectivity index (χ0v) is 24.1. The topological polar surface area (TPSA) is 169 Å². The van der Waals surface area contributed by atoms with Crippen LogP contribution in [0.2, 0.25) is 0 Å². The van der Waals surface area contributed by atoms with Gasteiger partial charge < -0.3 is 30.8 Å². The van der Waals surface area contributed by atoms with E-state index in [9.17, 15) is 19.2 Å². The number of aromatic nitrogens is 2. The predicted octanol–water partition coefficient (Wildman–Crippen LogP) is 2.23. The maximum Gasteiger partial charge on any atom is 0.355 e. The number of nitrogens with zero attached hydrogens (tertiary/aromatic N) is 2. The molecular weight excluding hydrogens is 538 g/mol. The SMILES string of the molecule is CC[C@@]1(OC(=O)[C@@H](NC(=O)[C@@H](N)CCCCN)C(C)C)C(=O)OCc2c1cc1n(c2=O)Cc2cc3ccccc3nc2-1. The second kappa shape index (κ2) is 11.7. The molecule has 0 saturated carbocycles. The van der Waals surface area contributed by atoms with Crippen molar-refractivity contribution in [2.45, 2.75) is 77.3 Å². The van der Waals surface area contributed by atoms with Crippen molar-refractivity contribution in [1.82, 2.24) is 14.9 Å². The number of ether oxygens (including phenoxy) is 2. The number of carbonyl (C=O) groups excluding carboxylic acids is 3. The Kier molecular flexibility index (Phi) is 8.16. The molecule has 0 saturated heterocycles. The van der Waals surface area contributed by atoms with Crippen molar-refractivity contribution in [3.8, 4) is 11.4 Å². The van der Waals surface area contributed by atoms with Gasteiger partial charge in [-0.2, -0.15) is 0 Å². The van der Waals surface area contributed by atoms with Gasteiger partial charge in [-0.15, -0.1) is 0 Å². The molecule has 5 N–H and O–H groups in total. The van der Waals surface area contributed by atoms with Gasteiger partial charge in [-0.1, -0.05) is 45.4 Å². The molecule has 0 radical (unpaired) electrons. The van der Waals surface area contributed by atoms with Crippen LogP contribution in [0.1, 0.15) is 63.1 Å². The van der Waals surface area contributed by atoms with Gasteiger partial charge in [-0.05, 0) is 49.9 Å². The number of cyclic esters (lactones) is 1. The minimum absolute atomic E-state index is 0.0167. The lowest BCUT2D eigenvalue weighted by Gasteiger charge is -2.37. The number of unbranched alkanes of at least 4 members (excludes halogenated alkanes) is 1. The van der Waals surface area contributed by atoms with E-state index < -0.39 is 35.5 Å². The molecule has 0 bridgehead atoms. The standard InChI is InChI=1S/C31H37N5O6/c1-4-31(42-29(39)25(17(2)3)35-27(37)22(33)10-7-8-12-32)21-14-24-26-19(13-18-9-5-6-11-23(18)34-26)15-36(24)28(38)20(21)16-41-30(31)40/h5-6,9,11,13-14,17,22,25H,4,7-8,10,12,15-16,32-33H2,1-3H3,(H,35,37)/t22-,25-,31-/m0/s1. The number of pyridine rings is 2. The van der Waals surface area contributed by atoms with Gasteiger partial charge in [-0.3, -0.25) is 9.59 Å². The molecule has 0 unspecified atom stereocenters. The van der Waals surface area contributed by atoms with Crippen LogP contribution in [0, 0.1) is 5.92 Å². The first kappa shape index (κ1) is 29.4. The van der Waals surface area contributed by atoms with Gasteiger partial charge in [0.1, 0.15) is 12.6 Å². The van der Waals surface area contributed by atoms with Crippen molar-refractivity contribution in [2.75, 3.05) is 6.54 Å². The van der Waals surface area contributed by atoms with E-state index in [1.54, 1.807) is 31.4 Å². The summed E-state index contributed by atoms with van der Waals surface area (Å²) in [5, 5.41) is 3.65. The molecular formula is C31H37N5O6. The molecule has 42 heavy (non-hydrogen) atoms. The van der Waals surface area contributed by atoms with Crippen LogP contribution in [0.5, 0.6) is 0 Å². The summed E-state index contributed by atoms with van der Waals surface area (Å²) in [6.07, 6.45) is 1.85. The third-order valence-electron chi connectivity index (χ3n) is 8.18. The molecule has 0 aliphatic carbocycles. The number of amides is 1. The maximum absolute atomic E-state index is 13.8. The van der Waals surface area contributed by atoms with E-state index in [1.165, 1.54) is 0 Å². The normalized spacial score (nSPS) is 18.6. The molecule has 2 aromatic heterocycles. The number of nitrogens with two attached hydrogens (primary N) is 2. The third-order valence-corrected chi connectivity index (χ3v) is 8.18. The molecule has 4 heterocycles. The number of para-hydroxylation sites is 1. The van der Waals surface area contributed by atoms with Crippen LogP contribution in [0.15, 0.2) is 41.2 Å². The molecule has 0 spiro atoms. The van der Waals surface area contributed by atoms with E-state index in [-0.39, 0.29) is 35.6 Å². The lowest BCUT2D eigenvalue weighted by molar-refractivity contribution is -0.191. The number of benzene rings is 1. The van der Waals surface area contributed by atoms with E-state index >= 15 is 0 Å². The second-order valence-corrected chi connectivity index (χ2v) is 11.3. The van der Waals surface area contributed by atoms with Gasteiger partial charge in [0.2, 0.25) is 11.5 Å². The summed E-state index contributed by atoms with van der Waals surface area (Å²) in [5.74, 6) is -2.46. The summed E-state index contributed by atoms with van der Waals surface area (Å²) < 4.78 is 13.0. The monoisotopic (exact) mass is 575 g/mol. The number of hydrogen-bond acceptors (Lipinski definition) is 9. The highest BCUT2D eigenvalue weighted by atomic mass is 16.6. The molecule has 1 aromatic carbocycles. The number of hydrogen-bond donors (Lipinski definition) is 3. The van der Waals surface area contributed by atoms with Crippen molar-refractivity contribution >= 4 is 28.7 Å². The van der Waals surface area contributed by atoms with Crippen LogP contribution in [-0.2, 0) is 42.6 Å². The van der Waals surface area contributed by atoms with Crippen molar-refractivity contribution in [3.63, 3.8) is 0 Å². The Hall–Kier alpha value is -4.09. The molecule has 2 aliphatic heterocycles. The summed E-state index contributed by atoms with van der Waals surface area (Å²) in [5.41, 5.74) is 12.7. The molecule has 3 aromatic rings. The fraction of sp³-hybridized carbons (Fsp3) is 0.452. The molecule has 222 valence electrons. The van der Waals surface area contributed by atoms with Crippen LogP contribution < -0.4 is 22.3 Å². The summed E-state index contributed by atoms with van der Waals surface area (Å²) in [4.78, 5) is 58.5. The smallest absolute Gasteiger partial charge is 0.355 e. The first-order chi connectivity index (χ1) is 20.1. The Labute approximate surface area is 243 Å². The third kappa shape index (κ3) is 5.07. The van der Waals surface area contributed by atoms with Crippen molar-refractivity contribution in [3.05, 3.63) is 63.4 Å². The van der Waals surface area contributed by atoms with Gasteiger partial charge in [0.25, 0.3) is 5.56 Å². The first-order valence-corrected chi connectivity index (χ1v) is 14.4. The van der Waals surface area contributed by atoms with E-state index in [0.717, 1.165) is 22.9 Å². The molecule has 5 rings (SSSR count). The van der Waals surface area contributed by atoms with Crippen LogP contribution in [0.3, 0.4) is 0 Å². The number of carbonyl (C=O) groups is 3. The maximum atomic E-state index is 13.8. The molecule has 0 fully saturated rings. The highest BCUT2D eigenvalue weighted by molar-refractivity contribution is 5.91. The lowest BCUT2D eigenvalue weighted by Crippen LogP contribution is -2.54. The Morgan fingerprint density at radius 2 is 1.95 bits per heavy atom. The predicted molar refractivity (Wildman–Crippen MR) is 156 cm³/mol. The Bertz CT molecular complexity index is 1620. The zero-order valence-electron chi connectivity index (χ0n) is 24.1. The van der Waals surface area contributed by atoms with E-state index in [0.29, 0.717) is 37.3 Å². The van der Waals surface area contributed by atoms with Crippen LogP contribution >= 0.6 is 0 Å². The van der Waals surface area contributed by atoms with E-state index in [4.69, 9.17) is 25.9 Å². The van der Waals surface area contributed by atoms with Crippen molar-refractivity contribution in [2.24, 2.45) is 17.4 Å². The number of nitrogens with one attached hydrogen (secondary N) is 1. The average Bonchev–Trinajstić information content (AvgIpc) is 3.33. The summed E-state index contributed by atoms with van der Waals surface area (Å²) in [6.45, 7) is 5.78. The quantitative estimate of drug-likeness (QED) is 0.190. The summed E-state index contributed by atoms with van der Waals surface area (Å²) in [7, 11) is 0. The fourth-order valence-corrected chi connectivity index (χ4v) is 5.72. The number of fused-ring (bicyclic) bond motifs is 5. The van der Waals surface area contributed by atoms with Gasteiger partial charge in [0.15, 0.2) is 0 Å². The molecule has 2 aliphatic rings. The highest BCUT2D eigenvalue weighted by Crippen LogP contribution is 2.41. The average molecular weight is 576 g/mol. The molecule has 11 heteroatoms. The first-order valence-electron chi connectivity index (χ1n) is 14.4. The highest BCUT2D eigenvalue weighted by Gasteiger charge is 2.51. The largest absolute Gasteiger partial charge is 0.457 e. The van der Waals surface area contributed by atoms with Crippen molar-refractivity contribution in [1.29, 1.82) is 0 Å². The Morgan fingerprint density at radius 1 is 1.19 bits per heavy atom. The van der Waals surface area contributed by atoms with Gasteiger partial charge >= 0.3 is 11.9 Å². The van der Waals surface area contributed by atoms with Gasteiger partial charge in [-0.25, -0.2) is 14.6 Å². The van der Waals surface area contributed by atoms with Crippen molar-refractivity contribution < 1.29 is 23.9 Å². The fourth-order valence-electron chi connectivity index (χ4n) is 5.72. The Balaban J connectivity index is 1.51. The molecule has 3 atom stereocenters. The van der Waals surface area contributed by atoms with Crippen LogP contribution in [0.4, 0.5) is 0 Å². The van der Waals surface area contributed by atoms with Crippen LogP contribution in [0.25, 0.3) is 22.3 Å². The molecule has 11 nitrogen and oxygen atoms in total. The van der Waals surface area contributed by atoms with Gasteiger partial charge in [0, 0.05) is 16.5 Å². The van der Waals surface area contributed by atoms with E-state index in [1.807, 2.05) is 30.3 Å².